The van der Waals surface area contributed by atoms with Gasteiger partial charge in [-0.25, -0.2) is 0 Å². The fraction of sp³-hybridized carbons (Fsp3) is 0.737. The van der Waals surface area contributed by atoms with Crippen LogP contribution < -0.4 is 0 Å². The molecule has 0 unspecified atom stereocenters. The highest BCUT2D eigenvalue weighted by Crippen LogP contribution is 2.14. The van der Waals surface area contributed by atoms with Gasteiger partial charge >= 0.3 is 17.9 Å². The number of ether oxygens (including phenoxy) is 3. The molecule has 0 aromatic carbocycles. The van der Waals surface area contributed by atoms with Gasteiger partial charge in [0.1, 0.15) is 13.2 Å². The summed E-state index contributed by atoms with van der Waals surface area (Å²) in [5.74, 6) is -0.974. The van der Waals surface area contributed by atoms with Crippen molar-refractivity contribution in [2.24, 2.45) is 0 Å². The molecule has 0 rings (SSSR count). The Kier molecular flexibility index (Phi) is 48.9. The fourth-order valence-electron chi connectivity index (χ4n) is 7.17. The quantitative estimate of drug-likeness (QED) is 0.0262. The molecule has 0 saturated heterocycles. The summed E-state index contributed by atoms with van der Waals surface area (Å²) < 4.78 is 16.7. The average Bonchev–Trinajstić information content (AvgIpc) is 3.28. The van der Waals surface area contributed by atoms with Crippen molar-refractivity contribution in [1.82, 2.24) is 0 Å². The summed E-state index contributed by atoms with van der Waals surface area (Å²) in [5.41, 5.74) is 0. The monoisotopic (exact) mass is 879 g/mol. The third-order valence-corrected chi connectivity index (χ3v) is 11.2. The Morgan fingerprint density at radius 2 is 0.587 bits per heavy atom. The van der Waals surface area contributed by atoms with Gasteiger partial charge in [-0.3, -0.25) is 14.4 Å². The molecule has 63 heavy (non-hydrogen) atoms. The highest BCUT2D eigenvalue weighted by atomic mass is 16.6. The van der Waals surface area contributed by atoms with Crippen molar-refractivity contribution in [2.75, 3.05) is 13.2 Å². The molecule has 0 aromatic rings. The summed E-state index contributed by atoms with van der Waals surface area (Å²) in [7, 11) is 0. The summed E-state index contributed by atoms with van der Waals surface area (Å²) in [4.78, 5) is 37.9. The number of unbranched alkanes of at least 4 members (excludes halogenated alkanes) is 24. The number of allylic oxidation sites excluding steroid dienone is 12. The van der Waals surface area contributed by atoms with Crippen LogP contribution in [0.15, 0.2) is 72.9 Å². The minimum atomic E-state index is -0.805. The van der Waals surface area contributed by atoms with E-state index in [9.17, 15) is 14.4 Å². The van der Waals surface area contributed by atoms with Gasteiger partial charge in [-0.05, 0) is 89.9 Å². The number of rotatable bonds is 47. The van der Waals surface area contributed by atoms with Crippen molar-refractivity contribution >= 4 is 17.9 Å². The molecule has 0 bridgehead atoms. The number of hydrogen-bond acceptors (Lipinski definition) is 6. The van der Waals surface area contributed by atoms with Crippen molar-refractivity contribution in [3.8, 4) is 0 Å². The zero-order valence-corrected chi connectivity index (χ0v) is 41.3. The normalized spacial score (nSPS) is 12.6. The van der Waals surface area contributed by atoms with Crippen molar-refractivity contribution in [3.05, 3.63) is 72.9 Å². The van der Waals surface area contributed by atoms with Gasteiger partial charge in [0.25, 0.3) is 0 Å². The second-order valence-corrected chi connectivity index (χ2v) is 17.4. The first kappa shape index (κ1) is 59.9. The van der Waals surface area contributed by atoms with Gasteiger partial charge in [0.15, 0.2) is 6.10 Å². The van der Waals surface area contributed by atoms with Crippen molar-refractivity contribution in [2.45, 2.75) is 258 Å². The number of carbonyl (C=O) groups is 3. The van der Waals surface area contributed by atoms with Crippen LogP contribution in [0.5, 0.6) is 0 Å². The van der Waals surface area contributed by atoms with Crippen molar-refractivity contribution in [1.29, 1.82) is 0 Å². The Balaban J connectivity index is 4.48. The summed E-state index contributed by atoms with van der Waals surface area (Å²) in [6.45, 7) is 6.54. The topological polar surface area (TPSA) is 78.9 Å². The number of hydrogen-bond donors (Lipinski definition) is 0. The van der Waals surface area contributed by atoms with Gasteiger partial charge in [0.2, 0.25) is 0 Å². The van der Waals surface area contributed by atoms with E-state index in [0.29, 0.717) is 19.3 Å². The van der Waals surface area contributed by atoms with Crippen LogP contribution in [0, 0.1) is 0 Å². The van der Waals surface area contributed by atoms with E-state index in [4.69, 9.17) is 14.2 Å². The summed E-state index contributed by atoms with van der Waals surface area (Å²) in [6.07, 6.45) is 64.6. The van der Waals surface area contributed by atoms with E-state index < -0.39 is 6.10 Å². The molecule has 0 spiro atoms. The van der Waals surface area contributed by atoms with E-state index in [1.165, 1.54) is 122 Å². The van der Waals surface area contributed by atoms with E-state index in [1.54, 1.807) is 0 Å². The number of esters is 3. The van der Waals surface area contributed by atoms with Crippen molar-refractivity contribution in [3.63, 3.8) is 0 Å². The van der Waals surface area contributed by atoms with Crippen LogP contribution in [0.4, 0.5) is 0 Å². The third kappa shape index (κ3) is 49.7. The largest absolute Gasteiger partial charge is 0.462 e. The first-order valence-electron chi connectivity index (χ1n) is 26.4. The molecule has 6 heteroatoms. The van der Waals surface area contributed by atoms with Crippen LogP contribution in [0.2, 0.25) is 0 Å². The summed E-state index contributed by atoms with van der Waals surface area (Å²) in [6, 6.07) is 0. The lowest BCUT2D eigenvalue weighted by molar-refractivity contribution is -0.167. The van der Waals surface area contributed by atoms with Crippen LogP contribution in [0.3, 0.4) is 0 Å². The molecule has 0 saturated carbocycles. The molecule has 0 aliphatic rings. The summed E-state index contributed by atoms with van der Waals surface area (Å²) >= 11 is 0. The Hall–Kier alpha value is -3.15. The van der Waals surface area contributed by atoms with Gasteiger partial charge in [-0.2, -0.15) is 0 Å². The lowest BCUT2D eigenvalue weighted by Gasteiger charge is -2.18. The van der Waals surface area contributed by atoms with Gasteiger partial charge < -0.3 is 14.2 Å². The van der Waals surface area contributed by atoms with Crippen LogP contribution in [0.1, 0.15) is 252 Å². The maximum Gasteiger partial charge on any atom is 0.306 e. The lowest BCUT2D eigenvalue weighted by atomic mass is 10.1. The van der Waals surface area contributed by atoms with Crippen LogP contribution in [0.25, 0.3) is 0 Å². The molecule has 0 N–H and O–H groups in total. The molecule has 0 aromatic heterocycles. The van der Waals surface area contributed by atoms with Crippen LogP contribution in [-0.2, 0) is 28.6 Å². The second-order valence-electron chi connectivity index (χ2n) is 17.4. The molecule has 0 aliphatic carbocycles. The molecule has 0 radical (unpaired) electrons. The standard InChI is InChI=1S/C57H98O6/c1-4-7-10-13-16-19-22-24-26-28-30-32-35-38-41-44-47-50-56(59)62-53-54(52-61-55(58)49-46-43-40-37-34-21-18-15-12-9-6-3)63-57(60)51-48-45-42-39-36-33-31-29-27-25-23-20-17-14-11-8-5-2/h17,20,24-27,30-33,38,41,54H,4-16,18-19,21-23,28-29,34-37,39-40,42-53H2,1-3H3/b20-17-,26-24-,27-25-,32-30-,33-31-,41-38-/t54-/m0/s1. The van der Waals surface area contributed by atoms with Gasteiger partial charge in [-0.15, -0.1) is 0 Å². The first-order valence-corrected chi connectivity index (χ1v) is 26.4. The van der Waals surface area contributed by atoms with E-state index in [1.807, 2.05) is 0 Å². The van der Waals surface area contributed by atoms with Crippen LogP contribution >= 0.6 is 0 Å². The molecule has 0 aliphatic heterocycles. The molecule has 1 atom stereocenters. The second kappa shape index (κ2) is 51.5. The number of carbonyl (C=O) groups excluding carboxylic acids is 3. The minimum Gasteiger partial charge on any atom is -0.462 e. The molecular formula is C57H98O6. The zero-order valence-electron chi connectivity index (χ0n) is 41.3. The molecule has 362 valence electrons. The predicted molar refractivity (Wildman–Crippen MR) is 270 cm³/mol. The Labute approximate surface area is 389 Å². The summed E-state index contributed by atoms with van der Waals surface area (Å²) in [5, 5.41) is 0. The first-order chi connectivity index (χ1) is 31.0. The Bertz CT molecular complexity index is 1190. The Morgan fingerprint density at radius 1 is 0.317 bits per heavy atom. The smallest absolute Gasteiger partial charge is 0.306 e. The molecule has 0 heterocycles. The molecule has 0 fully saturated rings. The van der Waals surface area contributed by atoms with E-state index in [0.717, 1.165) is 83.5 Å². The van der Waals surface area contributed by atoms with E-state index >= 15 is 0 Å². The fourth-order valence-corrected chi connectivity index (χ4v) is 7.17. The van der Waals surface area contributed by atoms with Gasteiger partial charge in [-0.1, -0.05) is 216 Å². The van der Waals surface area contributed by atoms with E-state index in [2.05, 4.69) is 93.7 Å². The lowest BCUT2D eigenvalue weighted by Crippen LogP contribution is -2.30. The van der Waals surface area contributed by atoms with E-state index in [-0.39, 0.29) is 37.5 Å². The molecule has 0 amide bonds. The average molecular weight is 879 g/mol. The molecular weight excluding hydrogens is 781 g/mol. The Morgan fingerprint density at radius 3 is 0.984 bits per heavy atom. The third-order valence-electron chi connectivity index (χ3n) is 11.2. The van der Waals surface area contributed by atoms with Gasteiger partial charge in [0.05, 0.1) is 0 Å². The highest BCUT2D eigenvalue weighted by molar-refractivity contribution is 5.71. The maximum atomic E-state index is 12.8. The SMILES string of the molecule is CCCCC/C=C\C/C=C\C/C=C\CCCCCCC(=O)O[C@H](COC(=O)CCC/C=C\C/C=C\C/C=C\CCCCCCCC)COC(=O)CCCCCCCCCCCCC. The maximum absolute atomic E-state index is 12.8. The zero-order chi connectivity index (χ0) is 45.8. The molecule has 6 nitrogen and oxygen atoms in total. The predicted octanol–water partition coefficient (Wildman–Crippen LogP) is 17.4. The highest BCUT2D eigenvalue weighted by Gasteiger charge is 2.19. The van der Waals surface area contributed by atoms with Crippen LogP contribution in [-0.4, -0.2) is 37.2 Å². The van der Waals surface area contributed by atoms with Crippen molar-refractivity contribution < 1.29 is 28.6 Å². The minimum absolute atomic E-state index is 0.0989. The van der Waals surface area contributed by atoms with Gasteiger partial charge in [0, 0.05) is 19.3 Å².